The predicted molar refractivity (Wildman–Crippen MR) is 62.9 cm³/mol. The summed E-state index contributed by atoms with van der Waals surface area (Å²) in [4.78, 5) is 26.2. The van der Waals surface area contributed by atoms with Crippen molar-refractivity contribution in [3.8, 4) is 0 Å². The van der Waals surface area contributed by atoms with Gasteiger partial charge in [-0.25, -0.2) is 0 Å². The Morgan fingerprint density at radius 1 is 1.47 bits per heavy atom. The second-order valence-corrected chi connectivity index (χ2v) is 3.49. The normalized spacial score (nSPS) is 9.76. The fourth-order valence-corrected chi connectivity index (χ4v) is 1.25. The van der Waals surface area contributed by atoms with Crippen LogP contribution in [0.25, 0.3) is 0 Å². The van der Waals surface area contributed by atoms with Crippen molar-refractivity contribution in [2.45, 2.75) is 13.3 Å². The highest BCUT2D eigenvalue weighted by Gasteiger charge is 2.11. The summed E-state index contributed by atoms with van der Waals surface area (Å²) in [6, 6.07) is 1.66. The lowest BCUT2D eigenvalue weighted by Gasteiger charge is -2.09. The smallest absolute Gasteiger partial charge is 0.255 e. The summed E-state index contributed by atoms with van der Waals surface area (Å²) in [6.07, 6.45) is 1.51. The van der Waals surface area contributed by atoms with Gasteiger partial charge in [0, 0.05) is 24.9 Å². The highest BCUT2D eigenvalue weighted by molar-refractivity contribution is 5.99. The van der Waals surface area contributed by atoms with Crippen LogP contribution in [0.15, 0.2) is 12.3 Å². The van der Waals surface area contributed by atoms with E-state index in [2.05, 4.69) is 15.7 Å². The topological polar surface area (TPSA) is 123 Å². The maximum absolute atomic E-state index is 11.7. The quantitative estimate of drug-likeness (QED) is 0.397. The first-order valence-electron chi connectivity index (χ1n) is 5.04. The molecule has 0 aliphatic rings. The van der Waals surface area contributed by atoms with E-state index >= 15 is 0 Å². The zero-order valence-electron chi connectivity index (χ0n) is 9.49. The van der Waals surface area contributed by atoms with E-state index in [1.807, 2.05) is 0 Å². The lowest BCUT2D eigenvalue weighted by Crippen LogP contribution is -2.29. The molecule has 0 spiro atoms. The Kier molecular flexibility index (Phi) is 4.41. The Balaban J connectivity index is 2.71. The van der Waals surface area contributed by atoms with E-state index in [9.17, 15) is 9.59 Å². The molecule has 7 nitrogen and oxygen atoms in total. The van der Waals surface area contributed by atoms with Crippen molar-refractivity contribution in [1.29, 1.82) is 0 Å². The minimum absolute atomic E-state index is 0.0937. The van der Waals surface area contributed by atoms with Gasteiger partial charge < -0.3 is 16.5 Å². The van der Waals surface area contributed by atoms with Crippen LogP contribution in [0.3, 0.4) is 0 Å². The van der Waals surface area contributed by atoms with Gasteiger partial charge in [0.1, 0.15) is 0 Å². The average molecular weight is 237 g/mol. The summed E-state index contributed by atoms with van der Waals surface area (Å²) in [7, 11) is 0. The molecule has 1 rings (SSSR count). The summed E-state index contributed by atoms with van der Waals surface area (Å²) in [5.74, 6) is 4.48. The Bertz CT molecular complexity index is 433. The summed E-state index contributed by atoms with van der Waals surface area (Å²) >= 11 is 0. The third kappa shape index (κ3) is 3.72. The van der Waals surface area contributed by atoms with Crippen molar-refractivity contribution in [1.82, 2.24) is 10.3 Å². The van der Waals surface area contributed by atoms with Gasteiger partial charge in [-0.1, -0.05) is 0 Å². The minimum atomic E-state index is -0.468. The first kappa shape index (κ1) is 12.9. The van der Waals surface area contributed by atoms with Crippen LogP contribution < -0.4 is 22.3 Å². The van der Waals surface area contributed by atoms with E-state index in [-0.39, 0.29) is 18.9 Å². The van der Waals surface area contributed by atoms with Gasteiger partial charge >= 0.3 is 0 Å². The number of nitrogens with one attached hydrogen (secondary N) is 2. The molecule has 1 aromatic rings. The van der Waals surface area contributed by atoms with Crippen molar-refractivity contribution < 1.29 is 9.59 Å². The Hall–Kier alpha value is -2.15. The van der Waals surface area contributed by atoms with Crippen LogP contribution in [0.5, 0.6) is 0 Å². The molecule has 0 aliphatic heterocycles. The van der Waals surface area contributed by atoms with Crippen LogP contribution in [-0.4, -0.2) is 23.3 Å². The number of aromatic nitrogens is 1. The van der Waals surface area contributed by atoms with Crippen LogP contribution in [0.2, 0.25) is 0 Å². The van der Waals surface area contributed by atoms with Gasteiger partial charge in [-0.3, -0.25) is 20.4 Å². The van der Waals surface area contributed by atoms with Crippen molar-refractivity contribution in [2.24, 2.45) is 11.6 Å². The largest absolute Gasteiger partial charge is 0.370 e. The maximum Gasteiger partial charge on any atom is 0.255 e. The van der Waals surface area contributed by atoms with Gasteiger partial charge in [-0.05, 0) is 13.0 Å². The van der Waals surface area contributed by atoms with Gasteiger partial charge in [-0.15, -0.1) is 0 Å². The van der Waals surface area contributed by atoms with Crippen LogP contribution >= 0.6 is 0 Å². The van der Waals surface area contributed by atoms with Crippen LogP contribution in [0, 0.1) is 6.92 Å². The van der Waals surface area contributed by atoms with Crippen LogP contribution in [-0.2, 0) is 4.79 Å². The molecule has 7 heteroatoms. The molecular formula is C10H15N5O2. The summed E-state index contributed by atoms with van der Waals surface area (Å²) < 4.78 is 0. The number of rotatable bonds is 5. The molecule has 0 aliphatic carbocycles. The second kappa shape index (κ2) is 5.80. The van der Waals surface area contributed by atoms with Gasteiger partial charge in [0.05, 0.1) is 11.3 Å². The third-order valence-electron chi connectivity index (χ3n) is 2.10. The molecule has 0 unspecified atom stereocenters. The van der Waals surface area contributed by atoms with Crippen molar-refractivity contribution in [3.63, 3.8) is 0 Å². The number of nitrogens with zero attached hydrogens (tertiary/aromatic N) is 1. The van der Waals surface area contributed by atoms with Crippen molar-refractivity contribution in [2.75, 3.05) is 12.0 Å². The number of aryl methyl sites for hydroxylation is 1. The average Bonchev–Trinajstić information content (AvgIpc) is 2.28. The maximum atomic E-state index is 11.7. The lowest BCUT2D eigenvalue weighted by atomic mass is 10.2. The van der Waals surface area contributed by atoms with E-state index in [1.54, 1.807) is 13.0 Å². The predicted octanol–water partition coefficient (Wildman–Crippen LogP) is -0.719. The molecule has 0 bridgehead atoms. The minimum Gasteiger partial charge on any atom is -0.370 e. The summed E-state index contributed by atoms with van der Waals surface area (Å²) in [6.45, 7) is 1.97. The molecule has 0 fully saturated rings. The first-order valence-corrected chi connectivity index (χ1v) is 5.04. The Labute approximate surface area is 98.5 Å². The van der Waals surface area contributed by atoms with Crippen LogP contribution in [0.1, 0.15) is 22.5 Å². The van der Waals surface area contributed by atoms with Gasteiger partial charge in [-0.2, -0.15) is 0 Å². The first-order chi connectivity index (χ1) is 8.04. The second-order valence-electron chi connectivity index (χ2n) is 3.49. The number of nitrogen functional groups attached to an aromatic ring is 1. The molecule has 1 heterocycles. The fourth-order valence-electron chi connectivity index (χ4n) is 1.25. The number of hydrogen-bond donors (Lipinski definition) is 4. The number of anilines is 1. The SMILES string of the molecule is Cc1cc(NN)c(C(=O)NCCC(N)=O)cn1. The van der Waals surface area contributed by atoms with Gasteiger partial charge in [0.25, 0.3) is 5.91 Å². The Morgan fingerprint density at radius 2 is 2.18 bits per heavy atom. The van der Waals surface area contributed by atoms with Crippen molar-refractivity contribution >= 4 is 17.5 Å². The number of carbonyl (C=O) groups is 2. The third-order valence-corrected chi connectivity index (χ3v) is 2.10. The molecule has 6 N–H and O–H groups in total. The number of hydrazine groups is 1. The zero-order valence-corrected chi connectivity index (χ0v) is 9.49. The number of carbonyl (C=O) groups excluding carboxylic acids is 2. The van der Waals surface area contributed by atoms with Crippen molar-refractivity contribution in [3.05, 3.63) is 23.5 Å². The molecule has 17 heavy (non-hydrogen) atoms. The number of pyridine rings is 1. The molecule has 0 atom stereocenters. The summed E-state index contributed by atoms with van der Waals surface area (Å²) in [5, 5.41) is 2.55. The highest BCUT2D eigenvalue weighted by atomic mass is 16.2. The number of hydrogen-bond acceptors (Lipinski definition) is 5. The van der Waals surface area contributed by atoms with E-state index in [0.717, 1.165) is 5.69 Å². The highest BCUT2D eigenvalue weighted by Crippen LogP contribution is 2.13. The Morgan fingerprint density at radius 3 is 2.76 bits per heavy atom. The fraction of sp³-hybridized carbons (Fsp3) is 0.300. The standard InChI is InChI=1S/C10H15N5O2/c1-6-4-8(15-12)7(5-14-6)10(17)13-3-2-9(11)16/h4-5H,2-3,12H2,1H3,(H2,11,16)(H,13,17)(H,14,15). The van der Waals surface area contributed by atoms with E-state index in [1.165, 1.54) is 6.20 Å². The van der Waals surface area contributed by atoms with Gasteiger partial charge in [0.2, 0.25) is 5.91 Å². The molecule has 0 saturated carbocycles. The summed E-state index contributed by atoms with van der Waals surface area (Å²) in [5.41, 5.74) is 8.93. The number of amides is 2. The number of nitrogens with two attached hydrogens (primary N) is 2. The molecule has 0 saturated heterocycles. The zero-order chi connectivity index (χ0) is 12.8. The molecule has 0 aromatic carbocycles. The molecule has 0 radical (unpaired) electrons. The number of primary amides is 1. The molecule has 2 amide bonds. The molecule has 92 valence electrons. The van der Waals surface area contributed by atoms with Crippen LogP contribution in [0.4, 0.5) is 5.69 Å². The van der Waals surface area contributed by atoms with E-state index in [0.29, 0.717) is 11.3 Å². The molecule has 1 aromatic heterocycles. The lowest BCUT2D eigenvalue weighted by molar-refractivity contribution is -0.117. The van der Waals surface area contributed by atoms with Gasteiger partial charge in [0.15, 0.2) is 0 Å². The van der Waals surface area contributed by atoms with E-state index in [4.69, 9.17) is 11.6 Å². The monoisotopic (exact) mass is 237 g/mol. The molecular weight excluding hydrogens is 222 g/mol. The van der Waals surface area contributed by atoms with E-state index < -0.39 is 5.91 Å².